The van der Waals surface area contributed by atoms with Crippen LogP contribution in [-0.2, 0) is 28.8 Å². The Morgan fingerprint density at radius 2 is 0.524 bits per heavy atom. The molecule has 8 aliphatic heterocycles. The third-order valence-corrected chi connectivity index (χ3v) is 32.5. The van der Waals surface area contributed by atoms with Crippen LogP contribution in [0.25, 0.3) is 0 Å². The molecule has 14 aliphatic rings. The summed E-state index contributed by atoms with van der Waals surface area (Å²) < 4.78 is 0. The van der Waals surface area contributed by atoms with Crippen LogP contribution >= 0.6 is 0 Å². The van der Waals surface area contributed by atoms with Gasteiger partial charge in [-0.15, -0.1) is 0 Å². The quantitative estimate of drug-likeness (QED) is 0.0257. The minimum absolute atomic E-state index is 0.00659. The molecule has 36 nitrogen and oxygen atoms in total. The summed E-state index contributed by atoms with van der Waals surface area (Å²) in [5.74, 6) is 0.738. The highest BCUT2D eigenvalue weighted by Gasteiger charge is 2.56. The highest BCUT2D eigenvalue weighted by atomic mass is 16.2. The van der Waals surface area contributed by atoms with E-state index in [0.717, 1.165) is 193 Å². The number of amides is 6. The first-order valence-corrected chi connectivity index (χ1v) is 56.1. The molecule has 11 heterocycles. The SMILES string of the molecule is CC1(C)CN(CCN(c2nc(N(c3nc(C(CN4CC(C)(C)NC(C)(C)C4=O)=NC4CCCCC4)nc(C(=NC4CCCCC4)C(N4CC4)N4CC(C)(C)NC(C)(C)C4=O)n3)c3nc(C(CN4CC(C)(C)NC(C)(C)C4=O)=NC4CCCCC4)nc(C(=NC4CCCCC4)C(N4CC4)N4CC(C)(C)NC(C)(C)C4=O)n3)nc(N(CCN3CC(C)(C)NC(C)(C)C3=O)C3CCCCC3)n2)C2CCCCC2)C(=O)C(C)(C)N1. The summed E-state index contributed by atoms with van der Waals surface area (Å²) in [6.45, 7) is 55.3. The van der Waals surface area contributed by atoms with Gasteiger partial charge in [0.15, 0.2) is 23.3 Å². The van der Waals surface area contributed by atoms with Crippen LogP contribution in [0.5, 0.6) is 0 Å². The first kappa shape index (κ1) is 108. The largest absolute Gasteiger partial charge is 0.338 e. The number of hydrogen-bond acceptors (Lipinski definition) is 30. The molecule has 0 radical (unpaired) electrons. The van der Waals surface area contributed by atoms with Crippen molar-refractivity contribution in [2.75, 3.05) is 119 Å². The first-order valence-electron chi connectivity index (χ1n) is 56.1. The predicted molar refractivity (Wildman–Crippen MR) is 572 cm³/mol. The Morgan fingerprint density at radius 3 is 0.821 bits per heavy atom. The van der Waals surface area contributed by atoms with Gasteiger partial charge in [-0.25, -0.2) is 14.9 Å². The number of aliphatic imine (C=N–C) groups is 4. The number of nitrogens with one attached hydrogen (secondary N) is 6. The molecule has 2 atom stereocenters. The number of hydrogen-bond donors (Lipinski definition) is 6. The summed E-state index contributed by atoms with van der Waals surface area (Å²) in [4.78, 5) is 197. The van der Waals surface area contributed by atoms with Crippen molar-refractivity contribution in [1.82, 2.24) is 116 Å². The van der Waals surface area contributed by atoms with Gasteiger partial charge in [0.2, 0.25) is 65.2 Å². The van der Waals surface area contributed by atoms with Crippen molar-refractivity contribution in [2.45, 2.75) is 474 Å². The molecule has 6 N–H and O–H groups in total. The maximum Gasteiger partial charge on any atom is 0.246 e. The predicted octanol–water partition coefficient (Wildman–Crippen LogP) is 11.7. The van der Waals surface area contributed by atoms with Gasteiger partial charge in [0, 0.05) is 137 Å². The molecule has 0 bridgehead atoms. The lowest BCUT2D eigenvalue weighted by Crippen LogP contribution is -2.72. The fourth-order valence-corrected chi connectivity index (χ4v) is 27.1. The third-order valence-electron chi connectivity index (χ3n) is 32.5. The van der Waals surface area contributed by atoms with Gasteiger partial charge in [0.25, 0.3) is 0 Å². The number of carbonyl (C=O) groups is 6. The van der Waals surface area contributed by atoms with Crippen molar-refractivity contribution in [3.63, 3.8) is 0 Å². The molecular formula is C109H178N30O6. The van der Waals surface area contributed by atoms with E-state index in [1.54, 1.807) is 4.90 Å². The minimum atomic E-state index is -1.04. The lowest BCUT2D eigenvalue weighted by Gasteiger charge is -2.50. The Balaban J connectivity index is 1.04. The standard InChI is InChI=1S/C109H178N30O6/c1-98(2)65-131(87(140)104(13,14)123-98)59-61-135(75-51-39-29-40-52-75)93-120-94(136(76-53-41-30-42-54-76)62-60-132-66-99(3,4)124-105(15,16)88(132)141)122-97(121-93)139(95-116-81(77(110-71-43-31-25-32-44-71)63-133-67-100(5,6)125-106(17,18)89(133)142)114-83(118-95)79(112-73-47-35-27-36-48-73)85(129-55-56-129)137-69-102(9,10)127-108(21,22)91(137)144)96-117-82(78(111-72-45-33-26-34-46-72)64-134-68-101(7,8)126-107(19,20)90(134)143)115-84(119-96)80(113-74-49-37-28-38-50-74)86(130-57-58-130)138-70-103(11,12)128-109(23,24)92(138)145/h71-76,85-86,123-128H,25-70H2,1-24H3. The van der Waals surface area contributed by atoms with Gasteiger partial charge in [0.1, 0.15) is 23.8 Å². The number of nitrogens with zero attached hydrogens (tertiary/aromatic N) is 24. The smallest absolute Gasteiger partial charge is 0.246 e. The average molecular weight is 2000 g/mol. The number of anilines is 5. The monoisotopic (exact) mass is 2000 g/mol. The maximum absolute atomic E-state index is 16.3. The normalized spacial score (nSPS) is 26.8. The Morgan fingerprint density at radius 1 is 0.283 bits per heavy atom. The summed E-state index contributed by atoms with van der Waals surface area (Å²) in [7, 11) is 0. The van der Waals surface area contributed by atoms with Crippen molar-refractivity contribution in [1.29, 1.82) is 0 Å². The molecule has 36 heteroatoms. The Kier molecular flexibility index (Phi) is 31.1. The highest BCUT2D eigenvalue weighted by molar-refractivity contribution is 6.09. The van der Waals surface area contributed by atoms with Gasteiger partial charge in [-0.2, -0.15) is 34.9 Å². The molecule has 6 saturated carbocycles. The van der Waals surface area contributed by atoms with E-state index in [2.05, 4.69) is 135 Å². The minimum Gasteiger partial charge on any atom is -0.338 e. The number of rotatable bonds is 31. The van der Waals surface area contributed by atoms with Gasteiger partial charge in [-0.3, -0.25) is 90.4 Å². The van der Waals surface area contributed by atoms with E-state index in [1.165, 1.54) is 0 Å². The van der Waals surface area contributed by atoms with E-state index in [0.29, 0.717) is 126 Å². The third kappa shape index (κ3) is 25.3. The summed E-state index contributed by atoms with van der Waals surface area (Å²) in [5, 5.41) is 22.2. The number of aromatic nitrogens is 9. The summed E-state index contributed by atoms with van der Waals surface area (Å²) >= 11 is 0. The number of piperazine rings is 6. The number of carbonyl (C=O) groups excluding carboxylic acids is 6. The van der Waals surface area contributed by atoms with Crippen LogP contribution < -0.4 is 46.6 Å². The van der Waals surface area contributed by atoms with Crippen molar-refractivity contribution in [2.24, 2.45) is 20.0 Å². The molecule has 3 aromatic heterocycles. The lowest BCUT2D eigenvalue weighted by molar-refractivity contribution is -0.147. The van der Waals surface area contributed by atoms with Crippen molar-refractivity contribution in [3.8, 4) is 0 Å². The van der Waals surface area contributed by atoms with E-state index in [4.69, 9.17) is 64.8 Å². The molecule has 8 saturated heterocycles. The van der Waals surface area contributed by atoms with Crippen LogP contribution in [0.2, 0.25) is 0 Å². The van der Waals surface area contributed by atoms with Gasteiger partial charge in [-0.1, -0.05) is 116 Å². The van der Waals surface area contributed by atoms with Gasteiger partial charge in [-0.05, 0) is 243 Å². The maximum atomic E-state index is 16.3. The van der Waals surface area contributed by atoms with Crippen LogP contribution in [0.4, 0.5) is 29.7 Å². The molecule has 0 aromatic carbocycles. The average Bonchev–Trinajstić information content (AvgIpc) is 1.04. The van der Waals surface area contributed by atoms with E-state index < -0.39 is 78.8 Å². The molecule has 17 rings (SSSR count). The van der Waals surface area contributed by atoms with E-state index in [-0.39, 0.29) is 126 Å². The highest BCUT2D eigenvalue weighted by Crippen LogP contribution is 2.42. The molecule has 2 unspecified atom stereocenters. The van der Waals surface area contributed by atoms with E-state index >= 15 is 28.8 Å². The zero-order valence-corrected chi connectivity index (χ0v) is 92.8. The first-order chi connectivity index (χ1) is 68.1. The summed E-state index contributed by atoms with van der Waals surface area (Å²) in [5.41, 5.74) is -7.34. The molecule has 14 fully saturated rings. The van der Waals surface area contributed by atoms with Crippen LogP contribution in [0.15, 0.2) is 20.0 Å². The second kappa shape index (κ2) is 41.7. The lowest BCUT2D eigenvalue weighted by atomic mass is 9.89. The van der Waals surface area contributed by atoms with Gasteiger partial charge in [0.05, 0.1) is 81.9 Å². The van der Waals surface area contributed by atoms with Gasteiger partial charge < -0.3 is 39.2 Å². The second-order valence-electron chi connectivity index (χ2n) is 52.7. The fourth-order valence-electron chi connectivity index (χ4n) is 27.1. The molecule has 800 valence electrons. The molecule has 6 aliphatic carbocycles. The fraction of sp³-hybridized carbons (Fsp3) is 0.826. The second-order valence-corrected chi connectivity index (χ2v) is 52.7. The zero-order chi connectivity index (χ0) is 104. The summed E-state index contributed by atoms with van der Waals surface area (Å²) in [6.07, 6.45) is 25.3. The molecular weight excluding hydrogens is 1830 g/mol. The summed E-state index contributed by atoms with van der Waals surface area (Å²) in [6, 6.07) is -1.14. The van der Waals surface area contributed by atoms with Crippen LogP contribution in [-0.4, -0.2) is 362 Å². The molecule has 145 heavy (non-hydrogen) atoms. The van der Waals surface area contributed by atoms with Crippen molar-refractivity contribution < 1.29 is 28.8 Å². The van der Waals surface area contributed by atoms with Crippen LogP contribution in [0.3, 0.4) is 0 Å². The molecule has 0 spiro atoms. The van der Waals surface area contributed by atoms with Crippen LogP contribution in [0.1, 0.15) is 382 Å². The Labute approximate surface area is 864 Å². The van der Waals surface area contributed by atoms with Crippen molar-refractivity contribution >= 4 is 88.0 Å². The van der Waals surface area contributed by atoms with Crippen LogP contribution in [0, 0.1) is 0 Å². The van der Waals surface area contributed by atoms with E-state index in [1.807, 2.05) is 112 Å². The molecule has 6 amide bonds. The molecule has 3 aromatic rings. The van der Waals surface area contributed by atoms with Gasteiger partial charge >= 0.3 is 0 Å². The van der Waals surface area contributed by atoms with Crippen molar-refractivity contribution in [3.05, 3.63) is 23.3 Å². The Hall–Kier alpha value is -8.39. The van der Waals surface area contributed by atoms with E-state index in [9.17, 15) is 0 Å². The Bertz CT molecular complexity index is 5020. The zero-order valence-electron chi connectivity index (χ0n) is 92.8. The topological polar surface area (TPSA) is 375 Å².